The number of carbonyl (C=O) groups excluding carboxylic acids is 1. The Hall–Kier alpha value is -3.02. The zero-order valence-corrected chi connectivity index (χ0v) is 24.3. The number of sulfone groups is 1. The zero-order valence-electron chi connectivity index (χ0n) is 22.8. The van der Waals surface area contributed by atoms with Crippen molar-refractivity contribution in [2.75, 3.05) is 57.4 Å². The summed E-state index contributed by atoms with van der Waals surface area (Å²) >= 11 is 5.98. The molecule has 0 atom stereocenters. The van der Waals surface area contributed by atoms with E-state index in [4.69, 9.17) is 16.3 Å². The highest BCUT2D eigenvalue weighted by Crippen LogP contribution is 2.28. The number of amides is 1. The van der Waals surface area contributed by atoms with Crippen LogP contribution < -0.4 is 10.7 Å². The topological polar surface area (TPSA) is 100 Å². The molecule has 0 spiro atoms. The van der Waals surface area contributed by atoms with Gasteiger partial charge in [0.15, 0.2) is 9.84 Å². The first-order valence-electron chi connectivity index (χ1n) is 13.9. The average molecular weight is 597 g/mol. The maximum Gasteiger partial charge on any atom is 0.257 e. The van der Waals surface area contributed by atoms with Crippen molar-refractivity contribution in [2.45, 2.75) is 19.5 Å². The highest BCUT2D eigenvalue weighted by atomic mass is 35.5. The summed E-state index contributed by atoms with van der Waals surface area (Å²) < 4.78 is 31.1. The SMILES string of the molecule is O=C(NCc1ccc(Cl)cc1)c1cn2cc(CCN3CCS(=O)(=O)CC3)c3cc(CN4CCOCC4)cc(c1=O)c32. The van der Waals surface area contributed by atoms with Gasteiger partial charge in [0.05, 0.1) is 30.2 Å². The van der Waals surface area contributed by atoms with E-state index in [1.165, 1.54) is 0 Å². The van der Waals surface area contributed by atoms with E-state index in [0.29, 0.717) is 49.7 Å². The Labute approximate surface area is 243 Å². The molecule has 4 heterocycles. The van der Waals surface area contributed by atoms with Crippen molar-refractivity contribution >= 4 is 43.6 Å². The summed E-state index contributed by atoms with van der Waals surface area (Å²) in [4.78, 5) is 31.5. The Morgan fingerprint density at radius 2 is 1.63 bits per heavy atom. The number of nitrogens with one attached hydrogen (secondary N) is 1. The first-order chi connectivity index (χ1) is 19.8. The summed E-state index contributed by atoms with van der Waals surface area (Å²) in [6.45, 7) is 5.78. The zero-order chi connectivity index (χ0) is 28.6. The van der Waals surface area contributed by atoms with Crippen molar-refractivity contribution < 1.29 is 17.9 Å². The number of morpholine rings is 1. The molecule has 1 N–H and O–H groups in total. The molecule has 2 aliphatic heterocycles. The minimum Gasteiger partial charge on any atom is -0.379 e. The van der Waals surface area contributed by atoms with Crippen LogP contribution in [-0.4, -0.2) is 86.0 Å². The van der Waals surface area contributed by atoms with Gasteiger partial charge in [0.25, 0.3) is 5.91 Å². The van der Waals surface area contributed by atoms with Crippen LogP contribution in [0.15, 0.2) is 53.6 Å². The minimum absolute atomic E-state index is 0.0969. The lowest BCUT2D eigenvalue weighted by Gasteiger charge is -2.27. The van der Waals surface area contributed by atoms with Crippen LogP contribution in [0.2, 0.25) is 5.02 Å². The van der Waals surface area contributed by atoms with Crippen molar-refractivity contribution in [2.24, 2.45) is 0 Å². The van der Waals surface area contributed by atoms with E-state index in [2.05, 4.69) is 21.2 Å². The van der Waals surface area contributed by atoms with Crippen LogP contribution in [0.1, 0.15) is 27.0 Å². The van der Waals surface area contributed by atoms with Crippen molar-refractivity contribution in [3.05, 3.63) is 86.3 Å². The van der Waals surface area contributed by atoms with Crippen molar-refractivity contribution in [1.29, 1.82) is 0 Å². The molecule has 2 aliphatic rings. The fraction of sp³-hybridized carbons (Fsp3) is 0.400. The average Bonchev–Trinajstić information content (AvgIpc) is 3.32. The molecule has 216 valence electrons. The standard InChI is InChI=1S/C30H33ClN4O5S/c31-24-3-1-21(2-4-24)17-32-30(37)27-20-35-19-23(5-6-33-9-13-41(38,39)14-10-33)25-15-22(16-26(28(25)35)29(27)36)18-34-7-11-40-12-8-34/h1-4,15-16,19-20H,5-14,17-18H2,(H,32,37). The molecule has 1 amide bonds. The molecule has 0 radical (unpaired) electrons. The van der Waals surface area contributed by atoms with Crippen molar-refractivity contribution in [3.63, 3.8) is 0 Å². The summed E-state index contributed by atoms with van der Waals surface area (Å²) in [5.74, 6) is -0.0463. The molecule has 0 unspecified atom stereocenters. The molecule has 2 fully saturated rings. The van der Waals surface area contributed by atoms with Gasteiger partial charge in [-0.2, -0.15) is 0 Å². The smallest absolute Gasteiger partial charge is 0.257 e. The number of rotatable bonds is 8. The molecule has 9 nitrogen and oxygen atoms in total. The van der Waals surface area contributed by atoms with Crippen LogP contribution in [0.4, 0.5) is 0 Å². The predicted molar refractivity (Wildman–Crippen MR) is 160 cm³/mol. The normalized spacial score (nSPS) is 18.3. The predicted octanol–water partition coefficient (Wildman–Crippen LogP) is 2.58. The van der Waals surface area contributed by atoms with Crippen molar-refractivity contribution in [1.82, 2.24) is 19.5 Å². The van der Waals surface area contributed by atoms with Crippen LogP contribution >= 0.6 is 11.6 Å². The lowest BCUT2D eigenvalue weighted by Crippen LogP contribution is -2.41. The van der Waals surface area contributed by atoms with Gasteiger partial charge in [-0.3, -0.25) is 14.5 Å². The van der Waals surface area contributed by atoms with Gasteiger partial charge in [-0.25, -0.2) is 8.42 Å². The summed E-state index contributed by atoms with van der Waals surface area (Å²) in [7, 11) is -2.94. The number of hydrogen-bond acceptors (Lipinski definition) is 7. The highest BCUT2D eigenvalue weighted by Gasteiger charge is 2.23. The summed E-state index contributed by atoms with van der Waals surface area (Å²) in [6, 6.07) is 11.3. The Balaban J connectivity index is 1.33. The van der Waals surface area contributed by atoms with E-state index in [0.717, 1.165) is 47.2 Å². The molecule has 2 aromatic heterocycles. The third-order valence-corrected chi connectivity index (χ3v) is 9.94. The third kappa shape index (κ3) is 6.27. The Kier molecular flexibility index (Phi) is 8.02. The summed E-state index contributed by atoms with van der Waals surface area (Å²) in [6.07, 6.45) is 4.35. The first-order valence-corrected chi connectivity index (χ1v) is 16.1. The first kappa shape index (κ1) is 28.1. The molecule has 0 saturated carbocycles. The second kappa shape index (κ2) is 11.7. The number of halogens is 1. The number of aromatic nitrogens is 1. The molecule has 0 bridgehead atoms. The van der Waals surface area contributed by atoms with E-state index in [-0.39, 0.29) is 29.0 Å². The maximum atomic E-state index is 13.8. The molecular formula is C30H33ClN4O5S. The van der Waals surface area contributed by atoms with Crippen LogP contribution in [0.3, 0.4) is 0 Å². The lowest BCUT2D eigenvalue weighted by molar-refractivity contribution is 0.0342. The molecule has 0 aliphatic carbocycles. The number of ether oxygens (including phenoxy) is 1. The minimum atomic E-state index is -2.94. The third-order valence-electron chi connectivity index (χ3n) is 8.08. The Morgan fingerprint density at radius 1 is 0.927 bits per heavy atom. The maximum absolute atomic E-state index is 13.8. The molecular weight excluding hydrogens is 564 g/mol. The van der Waals surface area contributed by atoms with E-state index in [1.807, 2.05) is 28.8 Å². The lowest BCUT2D eigenvalue weighted by atomic mass is 10.0. The van der Waals surface area contributed by atoms with Gasteiger partial charge in [-0.15, -0.1) is 0 Å². The van der Waals surface area contributed by atoms with Crippen LogP contribution in [0, 0.1) is 0 Å². The van der Waals surface area contributed by atoms with E-state index in [1.54, 1.807) is 18.3 Å². The van der Waals surface area contributed by atoms with E-state index in [9.17, 15) is 18.0 Å². The number of benzene rings is 2. The number of pyridine rings is 1. The number of nitrogens with zero attached hydrogens (tertiary/aromatic N) is 3. The van der Waals surface area contributed by atoms with Gasteiger partial charge >= 0.3 is 0 Å². The van der Waals surface area contributed by atoms with Gasteiger partial charge in [-0.1, -0.05) is 23.7 Å². The monoisotopic (exact) mass is 596 g/mol. The fourth-order valence-electron chi connectivity index (χ4n) is 5.74. The Bertz CT molecular complexity index is 1720. The Morgan fingerprint density at radius 3 is 2.37 bits per heavy atom. The van der Waals surface area contributed by atoms with Crippen molar-refractivity contribution in [3.8, 4) is 0 Å². The summed E-state index contributed by atoms with van der Waals surface area (Å²) in [5.41, 5.74) is 3.60. The van der Waals surface area contributed by atoms with Crippen LogP contribution in [-0.2, 0) is 34.1 Å². The number of carbonyl (C=O) groups is 1. The molecule has 4 aromatic rings. The van der Waals surface area contributed by atoms with Gasteiger partial charge in [-0.05, 0) is 47.4 Å². The van der Waals surface area contributed by atoms with Gasteiger partial charge < -0.3 is 19.4 Å². The van der Waals surface area contributed by atoms with Gasteiger partial charge in [0.2, 0.25) is 5.43 Å². The fourth-order valence-corrected chi connectivity index (χ4v) is 7.14. The van der Waals surface area contributed by atoms with Crippen LogP contribution in [0.25, 0.3) is 16.3 Å². The van der Waals surface area contributed by atoms with E-state index >= 15 is 0 Å². The van der Waals surface area contributed by atoms with Gasteiger partial charge in [0, 0.05) is 74.0 Å². The highest BCUT2D eigenvalue weighted by molar-refractivity contribution is 7.91. The molecule has 2 aromatic carbocycles. The van der Waals surface area contributed by atoms with Crippen LogP contribution in [0.5, 0.6) is 0 Å². The molecule has 11 heteroatoms. The number of hydrogen-bond donors (Lipinski definition) is 1. The molecule has 6 rings (SSSR count). The quantitative estimate of drug-likeness (QED) is 0.334. The second-order valence-corrected chi connectivity index (χ2v) is 13.7. The largest absolute Gasteiger partial charge is 0.379 e. The second-order valence-electron chi connectivity index (χ2n) is 10.9. The van der Waals surface area contributed by atoms with E-state index < -0.39 is 15.7 Å². The molecule has 2 saturated heterocycles. The molecule has 41 heavy (non-hydrogen) atoms. The van der Waals surface area contributed by atoms with Gasteiger partial charge in [0.1, 0.15) is 5.56 Å². The summed E-state index contributed by atoms with van der Waals surface area (Å²) in [5, 5.41) is 5.03.